The van der Waals surface area contributed by atoms with Crippen molar-refractivity contribution in [2.45, 2.75) is 6.92 Å². The summed E-state index contributed by atoms with van der Waals surface area (Å²) in [5.41, 5.74) is 4.88. The molecule has 0 spiro atoms. The van der Waals surface area contributed by atoms with Crippen molar-refractivity contribution in [1.29, 1.82) is 0 Å². The Morgan fingerprint density at radius 3 is 2.50 bits per heavy atom. The minimum atomic E-state index is -0.175. The third-order valence-corrected chi connectivity index (χ3v) is 1.03. The predicted octanol–water partition coefficient (Wildman–Crippen LogP) is -0.106. The fourth-order valence-electron chi connectivity index (χ4n) is 0.309. The summed E-state index contributed by atoms with van der Waals surface area (Å²) in [5.74, 6) is 0.625. The summed E-state index contributed by atoms with van der Waals surface area (Å²) in [5, 5.41) is 0. The summed E-state index contributed by atoms with van der Waals surface area (Å²) in [6.45, 7) is 1.40. The molecule has 0 saturated heterocycles. The van der Waals surface area contributed by atoms with Crippen molar-refractivity contribution < 1.29 is 4.79 Å². The molecule has 1 amide bonds. The van der Waals surface area contributed by atoms with E-state index in [1.165, 1.54) is 6.92 Å². The predicted molar refractivity (Wildman–Crippen MR) is 41.0 cm³/mol. The minimum absolute atomic E-state index is 0.175. The van der Waals surface area contributed by atoms with Gasteiger partial charge in [0.1, 0.15) is 5.84 Å². The molecule has 2 N–H and O–H groups in total. The fourth-order valence-corrected chi connectivity index (χ4v) is 0.496. The van der Waals surface area contributed by atoms with Crippen LogP contribution in [0, 0.1) is 0 Å². The lowest BCUT2D eigenvalue weighted by Gasteiger charge is -2.04. The van der Waals surface area contributed by atoms with Crippen LogP contribution in [0.5, 0.6) is 0 Å². The molecule has 0 heterocycles. The SMILES string of the molecule is CN=C(CCl)NNC(C)=O. The van der Waals surface area contributed by atoms with E-state index in [0.717, 1.165) is 0 Å². The lowest BCUT2D eigenvalue weighted by atomic mass is 10.7. The average Bonchev–Trinajstić information content (AvgIpc) is 1.90. The molecule has 0 fully saturated rings. The zero-order valence-corrected chi connectivity index (χ0v) is 6.70. The van der Waals surface area contributed by atoms with Crippen LogP contribution in [0.2, 0.25) is 0 Å². The van der Waals surface area contributed by atoms with E-state index >= 15 is 0 Å². The van der Waals surface area contributed by atoms with E-state index in [1.807, 2.05) is 0 Å². The molecular formula is C5H10ClN3O. The number of hydrazine groups is 1. The normalized spacial score (nSPS) is 10.9. The van der Waals surface area contributed by atoms with Crippen LogP contribution < -0.4 is 10.9 Å². The summed E-state index contributed by atoms with van der Waals surface area (Å²) in [4.78, 5) is 14.0. The van der Waals surface area contributed by atoms with Gasteiger partial charge >= 0.3 is 0 Å². The van der Waals surface area contributed by atoms with Crippen LogP contribution in [0.4, 0.5) is 0 Å². The first-order valence-electron chi connectivity index (χ1n) is 2.75. The highest BCUT2D eigenvalue weighted by molar-refractivity contribution is 6.28. The highest BCUT2D eigenvalue weighted by atomic mass is 35.5. The van der Waals surface area contributed by atoms with Gasteiger partial charge in [-0.15, -0.1) is 11.6 Å². The Morgan fingerprint density at radius 1 is 1.60 bits per heavy atom. The molecule has 10 heavy (non-hydrogen) atoms. The van der Waals surface area contributed by atoms with Crippen molar-refractivity contribution in [2.24, 2.45) is 4.99 Å². The number of halogens is 1. The second-order valence-corrected chi connectivity index (χ2v) is 1.88. The maximum absolute atomic E-state index is 10.3. The summed E-state index contributed by atoms with van der Waals surface area (Å²) in [7, 11) is 1.59. The number of alkyl halides is 1. The number of hydrogen-bond acceptors (Lipinski definition) is 2. The third-order valence-electron chi connectivity index (χ3n) is 0.779. The summed E-state index contributed by atoms with van der Waals surface area (Å²) in [6, 6.07) is 0. The van der Waals surface area contributed by atoms with Crippen molar-refractivity contribution in [2.75, 3.05) is 12.9 Å². The van der Waals surface area contributed by atoms with E-state index in [9.17, 15) is 4.79 Å². The number of amidine groups is 1. The molecule has 0 bridgehead atoms. The van der Waals surface area contributed by atoms with E-state index in [4.69, 9.17) is 11.6 Å². The molecule has 0 aromatic heterocycles. The molecule has 0 saturated carbocycles. The van der Waals surface area contributed by atoms with Crippen molar-refractivity contribution in [1.82, 2.24) is 10.9 Å². The third kappa shape index (κ3) is 4.14. The fraction of sp³-hybridized carbons (Fsp3) is 0.600. The van der Waals surface area contributed by atoms with Gasteiger partial charge in [-0.1, -0.05) is 0 Å². The van der Waals surface area contributed by atoms with Crippen LogP contribution >= 0.6 is 11.6 Å². The van der Waals surface area contributed by atoms with Crippen molar-refractivity contribution in [3.63, 3.8) is 0 Å². The van der Waals surface area contributed by atoms with Crippen LogP contribution in [0.3, 0.4) is 0 Å². The van der Waals surface area contributed by atoms with Gasteiger partial charge in [0, 0.05) is 14.0 Å². The number of amides is 1. The maximum Gasteiger partial charge on any atom is 0.235 e. The molecule has 4 nitrogen and oxygen atoms in total. The Labute approximate surface area is 64.6 Å². The smallest absolute Gasteiger partial charge is 0.235 e. The number of carbonyl (C=O) groups is 1. The average molecular weight is 164 g/mol. The number of nitrogens with zero attached hydrogens (tertiary/aromatic N) is 1. The largest absolute Gasteiger partial charge is 0.285 e. The molecule has 5 heteroatoms. The number of hydrogen-bond donors (Lipinski definition) is 2. The standard InChI is InChI=1S/C5H10ClN3O/c1-4(10)8-9-5(3-6)7-2/h3H2,1-2H3,(H,7,9)(H,8,10). The molecule has 0 aliphatic carbocycles. The van der Waals surface area contributed by atoms with E-state index < -0.39 is 0 Å². The van der Waals surface area contributed by atoms with Crippen LogP contribution in [0.1, 0.15) is 6.92 Å². The lowest BCUT2D eigenvalue weighted by molar-refractivity contribution is -0.119. The second kappa shape index (κ2) is 5.05. The summed E-state index contributed by atoms with van der Waals surface area (Å²) in [6.07, 6.45) is 0. The topological polar surface area (TPSA) is 53.5 Å². The molecule has 0 atom stereocenters. The Morgan fingerprint density at radius 2 is 2.20 bits per heavy atom. The van der Waals surface area contributed by atoms with Gasteiger partial charge in [0.2, 0.25) is 5.91 Å². The second-order valence-electron chi connectivity index (χ2n) is 1.61. The Balaban J connectivity index is 3.56. The molecule has 58 valence electrons. The van der Waals surface area contributed by atoms with Crippen LogP contribution in [0.25, 0.3) is 0 Å². The molecule has 0 rings (SSSR count). The molecule has 0 aliphatic rings. The molecular weight excluding hydrogens is 154 g/mol. The van der Waals surface area contributed by atoms with Gasteiger partial charge in [0.25, 0.3) is 0 Å². The van der Waals surface area contributed by atoms with Gasteiger partial charge < -0.3 is 0 Å². The Hall–Kier alpha value is -0.770. The molecule has 0 aliphatic heterocycles. The zero-order valence-electron chi connectivity index (χ0n) is 5.94. The van der Waals surface area contributed by atoms with Gasteiger partial charge in [-0.2, -0.15) is 0 Å². The van der Waals surface area contributed by atoms with E-state index in [0.29, 0.717) is 5.84 Å². The first kappa shape index (κ1) is 9.23. The van der Waals surface area contributed by atoms with E-state index in [1.54, 1.807) is 7.05 Å². The number of carbonyl (C=O) groups excluding carboxylic acids is 1. The summed E-state index contributed by atoms with van der Waals surface area (Å²) >= 11 is 5.41. The number of rotatable bonds is 1. The van der Waals surface area contributed by atoms with Gasteiger partial charge in [0.15, 0.2) is 0 Å². The van der Waals surface area contributed by atoms with Crippen molar-refractivity contribution in [3.05, 3.63) is 0 Å². The van der Waals surface area contributed by atoms with Gasteiger partial charge in [-0.3, -0.25) is 20.6 Å². The Bertz CT molecular complexity index is 146. The van der Waals surface area contributed by atoms with Gasteiger partial charge in [-0.25, -0.2) is 0 Å². The van der Waals surface area contributed by atoms with Gasteiger partial charge in [-0.05, 0) is 0 Å². The van der Waals surface area contributed by atoms with Crippen molar-refractivity contribution >= 4 is 23.3 Å². The lowest BCUT2D eigenvalue weighted by Crippen LogP contribution is -2.41. The number of aliphatic imine (C=N–C) groups is 1. The van der Waals surface area contributed by atoms with Crippen molar-refractivity contribution in [3.8, 4) is 0 Å². The first-order valence-corrected chi connectivity index (χ1v) is 3.28. The van der Waals surface area contributed by atoms with Crippen LogP contribution in [-0.4, -0.2) is 24.7 Å². The monoisotopic (exact) mass is 163 g/mol. The maximum atomic E-state index is 10.3. The molecule has 0 aromatic carbocycles. The Kier molecular flexibility index (Phi) is 4.66. The van der Waals surface area contributed by atoms with Crippen LogP contribution in [0.15, 0.2) is 4.99 Å². The number of nitrogens with one attached hydrogen (secondary N) is 2. The quantitative estimate of drug-likeness (QED) is 0.245. The van der Waals surface area contributed by atoms with E-state index in [-0.39, 0.29) is 11.8 Å². The zero-order chi connectivity index (χ0) is 7.98. The first-order chi connectivity index (χ1) is 4.70. The highest BCUT2D eigenvalue weighted by Gasteiger charge is 1.93. The van der Waals surface area contributed by atoms with Gasteiger partial charge in [0.05, 0.1) is 5.88 Å². The molecule has 0 unspecified atom stereocenters. The highest BCUT2D eigenvalue weighted by Crippen LogP contribution is 1.75. The molecule has 0 radical (unpaired) electrons. The van der Waals surface area contributed by atoms with E-state index in [2.05, 4.69) is 15.8 Å². The summed E-state index contributed by atoms with van der Waals surface area (Å²) < 4.78 is 0. The molecule has 0 aromatic rings. The van der Waals surface area contributed by atoms with Crippen LogP contribution in [-0.2, 0) is 4.79 Å². The minimum Gasteiger partial charge on any atom is -0.285 e.